The maximum absolute atomic E-state index is 10.9. The number of fused-ring (bicyclic) bond motifs is 1. The van der Waals surface area contributed by atoms with Gasteiger partial charge in [-0.3, -0.25) is 4.98 Å². The third kappa shape index (κ3) is 3.32. The lowest BCUT2D eigenvalue weighted by Gasteiger charge is -2.05. The Morgan fingerprint density at radius 1 is 1.14 bits per heavy atom. The van der Waals surface area contributed by atoms with Crippen molar-refractivity contribution >= 4 is 16.9 Å². The maximum Gasteiger partial charge on any atom is 0.371 e. The highest BCUT2D eigenvalue weighted by Gasteiger charge is 2.10. The largest absolute Gasteiger partial charge is 0.475 e. The van der Waals surface area contributed by atoms with Crippen molar-refractivity contribution in [2.45, 2.75) is 13.0 Å². The van der Waals surface area contributed by atoms with Gasteiger partial charge in [0.25, 0.3) is 0 Å². The fourth-order valence-electron chi connectivity index (χ4n) is 2.32. The zero-order valence-corrected chi connectivity index (χ0v) is 12.0. The molecule has 2 N–H and O–H groups in total. The van der Waals surface area contributed by atoms with Crippen molar-refractivity contribution in [3.05, 3.63) is 65.7 Å². The summed E-state index contributed by atoms with van der Waals surface area (Å²) in [6.45, 7) is 1.60. The van der Waals surface area contributed by atoms with Gasteiger partial charge >= 0.3 is 5.97 Å². The first-order valence-electron chi connectivity index (χ1n) is 7.08. The summed E-state index contributed by atoms with van der Waals surface area (Å²) in [5, 5.41) is 13.1. The van der Waals surface area contributed by atoms with Crippen LogP contribution < -0.4 is 5.32 Å². The van der Waals surface area contributed by atoms with Gasteiger partial charge in [0, 0.05) is 24.3 Å². The third-order valence-corrected chi connectivity index (χ3v) is 3.46. The molecule has 0 aliphatic heterocycles. The molecule has 0 bridgehead atoms. The van der Waals surface area contributed by atoms with Gasteiger partial charge in [0.15, 0.2) is 0 Å². The van der Waals surface area contributed by atoms with E-state index in [4.69, 9.17) is 9.52 Å². The Kier molecular flexibility index (Phi) is 4.16. The number of aromatic nitrogens is 1. The number of aromatic carboxylic acids is 1. The molecule has 0 atom stereocenters. The molecule has 0 amide bonds. The molecule has 3 aromatic rings. The molecule has 1 aromatic carbocycles. The molecule has 0 aliphatic rings. The van der Waals surface area contributed by atoms with Gasteiger partial charge in [-0.1, -0.05) is 6.07 Å². The number of pyridine rings is 1. The minimum Gasteiger partial charge on any atom is -0.475 e. The molecular formula is C17H16N2O3. The number of hydrogen-bond acceptors (Lipinski definition) is 4. The summed E-state index contributed by atoms with van der Waals surface area (Å²) in [5.74, 6) is -1.08. The molecule has 0 fully saturated rings. The first kappa shape index (κ1) is 14.3. The van der Waals surface area contributed by atoms with Crippen LogP contribution in [0.25, 0.3) is 11.0 Å². The molecule has 2 aromatic heterocycles. The van der Waals surface area contributed by atoms with Gasteiger partial charge in [0.1, 0.15) is 5.58 Å². The molecule has 5 heteroatoms. The highest BCUT2D eigenvalue weighted by atomic mass is 16.4. The minimum absolute atomic E-state index is 0.0298. The van der Waals surface area contributed by atoms with Crippen molar-refractivity contribution in [3.63, 3.8) is 0 Å². The normalized spacial score (nSPS) is 10.9. The van der Waals surface area contributed by atoms with Crippen molar-refractivity contribution in [3.8, 4) is 0 Å². The number of nitrogens with one attached hydrogen (secondary N) is 1. The second-order valence-corrected chi connectivity index (χ2v) is 5.07. The molecule has 3 rings (SSSR count). The smallest absolute Gasteiger partial charge is 0.371 e. The van der Waals surface area contributed by atoms with Gasteiger partial charge < -0.3 is 14.8 Å². The molecule has 22 heavy (non-hydrogen) atoms. The van der Waals surface area contributed by atoms with Gasteiger partial charge in [-0.25, -0.2) is 4.79 Å². The Bertz CT molecular complexity index is 781. The van der Waals surface area contributed by atoms with E-state index < -0.39 is 5.97 Å². The summed E-state index contributed by atoms with van der Waals surface area (Å²) in [6.07, 6.45) is 4.53. The van der Waals surface area contributed by atoms with Crippen LogP contribution in [0.1, 0.15) is 21.7 Å². The van der Waals surface area contributed by atoms with Crippen LogP contribution in [-0.2, 0) is 13.0 Å². The molecule has 0 saturated carbocycles. The Hall–Kier alpha value is -2.66. The summed E-state index contributed by atoms with van der Waals surface area (Å²) in [5.41, 5.74) is 2.94. The van der Waals surface area contributed by atoms with Gasteiger partial charge in [0.05, 0.1) is 0 Å². The number of nitrogens with zero attached hydrogens (tertiary/aromatic N) is 1. The standard InChI is InChI=1S/C17H16N2O3/c20-17(21)16-10-14-9-13(1-2-15(14)22-16)11-19-8-5-12-3-6-18-7-4-12/h1-4,6-7,9-10,19H,5,8,11H2,(H,20,21). The molecule has 0 radical (unpaired) electrons. The zero-order valence-electron chi connectivity index (χ0n) is 12.0. The van der Waals surface area contributed by atoms with Gasteiger partial charge in [-0.15, -0.1) is 0 Å². The monoisotopic (exact) mass is 296 g/mol. The van der Waals surface area contributed by atoms with Crippen LogP contribution in [0.4, 0.5) is 0 Å². The van der Waals surface area contributed by atoms with Crippen molar-refractivity contribution in [1.82, 2.24) is 10.3 Å². The van der Waals surface area contributed by atoms with Crippen molar-refractivity contribution in [1.29, 1.82) is 0 Å². The first-order chi connectivity index (χ1) is 10.7. The van der Waals surface area contributed by atoms with E-state index >= 15 is 0 Å². The van der Waals surface area contributed by atoms with E-state index in [0.717, 1.165) is 30.5 Å². The van der Waals surface area contributed by atoms with Crippen LogP contribution in [-0.4, -0.2) is 22.6 Å². The van der Waals surface area contributed by atoms with Crippen molar-refractivity contribution < 1.29 is 14.3 Å². The topological polar surface area (TPSA) is 75.4 Å². The van der Waals surface area contributed by atoms with Crippen LogP contribution in [0.5, 0.6) is 0 Å². The van der Waals surface area contributed by atoms with Crippen LogP contribution in [0.3, 0.4) is 0 Å². The lowest BCUT2D eigenvalue weighted by atomic mass is 10.1. The Balaban J connectivity index is 1.58. The molecule has 0 saturated heterocycles. The predicted octanol–water partition coefficient (Wildman–Crippen LogP) is 2.86. The lowest BCUT2D eigenvalue weighted by molar-refractivity contribution is 0.0665. The van der Waals surface area contributed by atoms with Gasteiger partial charge in [0.2, 0.25) is 5.76 Å². The predicted molar refractivity (Wildman–Crippen MR) is 82.8 cm³/mol. The fraction of sp³-hybridized carbons (Fsp3) is 0.176. The van der Waals surface area contributed by atoms with Crippen LogP contribution >= 0.6 is 0 Å². The molecule has 112 valence electrons. The highest BCUT2D eigenvalue weighted by Crippen LogP contribution is 2.20. The van der Waals surface area contributed by atoms with E-state index in [0.29, 0.717) is 5.58 Å². The average molecular weight is 296 g/mol. The second-order valence-electron chi connectivity index (χ2n) is 5.07. The number of carbonyl (C=O) groups is 1. The minimum atomic E-state index is -1.05. The number of carboxylic acid groups (broad SMARTS) is 1. The van der Waals surface area contributed by atoms with E-state index in [1.165, 1.54) is 5.56 Å². The van der Waals surface area contributed by atoms with Gasteiger partial charge in [-0.05, 0) is 54.4 Å². The summed E-state index contributed by atoms with van der Waals surface area (Å²) >= 11 is 0. The van der Waals surface area contributed by atoms with E-state index in [1.54, 1.807) is 18.5 Å². The van der Waals surface area contributed by atoms with Crippen LogP contribution in [0.15, 0.2) is 53.2 Å². The molecule has 0 unspecified atom stereocenters. The number of furan rings is 1. The summed E-state index contributed by atoms with van der Waals surface area (Å²) < 4.78 is 5.24. The summed E-state index contributed by atoms with van der Waals surface area (Å²) in [4.78, 5) is 14.9. The van der Waals surface area contributed by atoms with Crippen LogP contribution in [0, 0.1) is 0 Å². The fourth-order valence-corrected chi connectivity index (χ4v) is 2.32. The lowest BCUT2D eigenvalue weighted by Crippen LogP contribution is -2.16. The Morgan fingerprint density at radius 2 is 1.95 bits per heavy atom. The second kappa shape index (κ2) is 6.41. The van der Waals surface area contributed by atoms with E-state index in [1.807, 2.05) is 30.3 Å². The number of hydrogen-bond donors (Lipinski definition) is 2. The maximum atomic E-state index is 10.9. The number of rotatable bonds is 6. The highest BCUT2D eigenvalue weighted by molar-refractivity contribution is 5.91. The zero-order chi connectivity index (χ0) is 15.4. The van der Waals surface area contributed by atoms with E-state index in [-0.39, 0.29) is 5.76 Å². The van der Waals surface area contributed by atoms with E-state index in [2.05, 4.69) is 10.3 Å². The average Bonchev–Trinajstić information content (AvgIpc) is 2.96. The van der Waals surface area contributed by atoms with Crippen molar-refractivity contribution in [2.24, 2.45) is 0 Å². The van der Waals surface area contributed by atoms with E-state index in [9.17, 15) is 4.79 Å². The molecule has 0 aliphatic carbocycles. The van der Waals surface area contributed by atoms with Crippen molar-refractivity contribution in [2.75, 3.05) is 6.54 Å². The van der Waals surface area contributed by atoms with Gasteiger partial charge in [-0.2, -0.15) is 0 Å². The molecule has 2 heterocycles. The summed E-state index contributed by atoms with van der Waals surface area (Å²) in [6, 6.07) is 11.3. The Morgan fingerprint density at radius 3 is 2.73 bits per heavy atom. The number of benzene rings is 1. The molecule has 5 nitrogen and oxygen atoms in total. The van der Waals surface area contributed by atoms with Crippen LogP contribution in [0.2, 0.25) is 0 Å². The quantitative estimate of drug-likeness (QED) is 0.684. The molecule has 0 spiro atoms. The SMILES string of the molecule is O=C(O)c1cc2cc(CNCCc3ccncc3)ccc2o1. The molecular weight excluding hydrogens is 280 g/mol. The summed E-state index contributed by atoms with van der Waals surface area (Å²) in [7, 11) is 0. The number of carboxylic acids is 1. The third-order valence-electron chi connectivity index (χ3n) is 3.46. The first-order valence-corrected chi connectivity index (χ1v) is 7.08. The Labute approximate surface area is 127 Å².